The number of aliphatic hydroxyl groups is 1. The van der Waals surface area contributed by atoms with Gasteiger partial charge in [0.05, 0.1) is 29.7 Å². The molecule has 12 heteroatoms. The summed E-state index contributed by atoms with van der Waals surface area (Å²) in [6, 6.07) is -0.319. The standard InChI is InChI=1S/C21H28N4O5S2.Na/c1-10-15-14(11(2)26)19(28)25(15)16(20(29)30)17(10)32-12-5-7-24(8-6-12)21-22-13(9-31-21)18(27)23(3)4;/h9-12,14-15,26H,5-8H2,1-4H3,(H,29,30);/q;+1/p-1/t10-,11-,14-,15-;/m1./s1. The van der Waals surface area contributed by atoms with E-state index < -0.39 is 18.0 Å². The summed E-state index contributed by atoms with van der Waals surface area (Å²) in [6.07, 6.45) is 0.844. The fourth-order valence-corrected chi connectivity index (χ4v) is 7.06. The van der Waals surface area contributed by atoms with Gasteiger partial charge in [-0.25, -0.2) is 4.98 Å². The minimum absolute atomic E-state index is 0. The summed E-state index contributed by atoms with van der Waals surface area (Å²) in [4.78, 5) is 46.6. The van der Waals surface area contributed by atoms with Gasteiger partial charge in [0.25, 0.3) is 5.91 Å². The number of aromatic nitrogens is 1. The number of thioether (sulfide) groups is 1. The van der Waals surface area contributed by atoms with Crippen LogP contribution in [0.2, 0.25) is 0 Å². The number of carbonyl (C=O) groups is 3. The molecule has 9 nitrogen and oxygen atoms in total. The molecular weight excluding hydrogens is 475 g/mol. The number of carboxylic acids is 1. The molecule has 1 N–H and O–H groups in total. The zero-order valence-corrected chi connectivity index (χ0v) is 23.1. The van der Waals surface area contributed by atoms with E-state index >= 15 is 0 Å². The fourth-order valence-electron chi connectivity index (χ4n) is 4.75. The first-order chi connectivity index (χ1) is 15.1. The molecule has 0 bridgehead atoms. The number of β-lactam (4-membered cyclic amide) rings is 1. The molecule has 174 valence electrons. The molecular formula is C21H27N4NaO5S2. The van der Waals surface area contributed by atoms with Crippen molar-refractivity contribution in [2.45, 2.75) is 44.1 Å². The molecule has 0 spiro atoms. The number of aliphatic carboxylic acids is 1. The third-order valence-electron chi connectivity index (χ3n) is 6.43. The van der Waals surface area contributed by atoms with Crippen molar-refractivity contribution in [3.8, 4) is 0 Å². The topological polar surface area (TPSA) is 117 Å². The maximum Gasteiger partial charge on any atom is 1.00 e. The molecule has 0 saturated carbocycles. The summed E-state index contributed by atoms with van der Waals surface area (Å²) < 4.78 is 0. The Hall–Kier alpha value is -1.11. The average molecular weight is 503 g/mol. The number of nitrogens with zero attached hydrogens (tertiary/aromatic N) is 4. The second-order valence-electron chi connectivity index (χ2n) is 8.77. The van der Waals surface area contributed by atoms with E-state index in [0.29, 0.717) is 10.6 Å². The number of rotatable bonds is 6. The molecule has 1 aromatic heterocycles. The molecule has 4 atom stereocenters. The van der Waals surface area contributed by atoms with Crippen LogP contribution in [0.4, 0.5) is 5.13 Å². The Bertz CT molecular complexity index is 974. The van der Waals surface area contributed by atoms with Gasteiger partial charge in [0, 0.05) is 48.6 Å². The van der Waals surface area contributed by atoms with Crippen molar-refractivity contribution in [3.05, 3.63) is 21.7 Å². The van der Waals surface area contributed by atoms with Crippen LogP contribution in [0.5, 0.6) is 0 Å². The van der Waals surface area contributed by atoms with Crippen LogP contribution < -0.4 is 39.6 Å². The van der Waals surface area contributed by atoms with Crippen molar-refractivity contribution < 1.29 is 54.2 Å². The van der Waals surface area contributed by atoms with E-state index in [2.05, 4.69) is 9.88 Å². The summed E-state index contributed by atoms with van der Waals surface area (Å²) in [5.74, 6) is -2.51. The van der Waals surface area contributed by atoms with Crippen molar-refractivity contribution in [2.75, 3.05) is 32.1 Å². The van der Waals surface area contributed by atoms with Crippen molar-refractivity contribution in [1.29, 1.82) is 0 Å². The summed E-state index contributed by atoms with van der Waals surface area (Å²) in [7, 11) is 3.40. The Morgan fingerprint density at radius 1 is 1.33 bits per heavy atom. The largest absolute Gasteiger partial charge is 1.00 e. The molecule has 3 aliphatic heterocycles. The summed E-state index contributed by atoms with van der Waals surface area (Å²) in [6.45, 7) is 5.00. The van der Waals surface area contributed by atoms with Crippen LogP contribution in [0.3, 0.4) is 0 Å². The number of carbonyl (C=O) groups excluding carboxylic acids is 3. The Morgan fingerprint density at radius 2 is 1.97 bits per heavy atom. The van der Waals surface area contributed by atoms with E-state index in [4.69, 9.17) is 0 Å². The number of anilines is 1. The second kappa shape index (κ2) is 10.2. The number of aliphatic hydroxyl groups excluding tert-OH is 1. The van der Waals surface area contributed by atoms with Crippen LogP contribution in [0.1, 0.15) is 37.2 Å². The third-order valence-corrected chi connectivity index (χ3v) is 8.95. The van der Waals surface area contributed by atoms with Gasteiger partial charge < -0.3 is 29.7 Å². The molecule has 2 saturated heterocycles. The smallest absolute Gasteiger partial charge is 0.543 e. The summed E-state index contributed by atoms with van der Waals surface area (Å²) >= 11 is 2.98. The first-order valence-corrected chi connectivity index (χ1v) is 12.4. The minimum atomic E-state index is -1.34. The van der Waals surface area contributed by atoms with Gasteiger partial charge in [-0.05, 0) is 19.8 Å². The van der Waals surface area contributed by atoms with Crippen LogP contribution in [0.25, 0.3) is 0 Å². The molecule has 0 aromatic carbocycles. The number of thiazole rings is 1. The van der Waals surface area contributed by atoms with Gasteiger partial charge in [0.2, 0.25) is 5.91 Å². The van der Waals surface area contributed by atoms with Crippen LogP contribution in [-0.4, -0.2) is 82.3 Å². The SMILES string of the molecule is C[C@@H](O)[C@H]1C(=O)N2C(C(=O)[O-])=C(SC3CCN(c4nc(C(=O)N(C)C)cs4)CC3)[C@H](C)[C@H]12.[Na+]. The van der Waals surface area contributed by atoms with Crippen molar-refractivity contribution in [1.82, 2.24) is 14.8 Å². The van der Waals surface area contributed by atoms with Crippen LogP contribution in [0.15, 0.2) is 16.0 Å². The number of hydrogen-bond acceptors (Lipinski definition) is 9. The number of fused-ring (bicyclic) bond motifs is 1. The number of piperidine rings is 1. The Kier molecular flexibility index (Phi) is 8.23. The molecule has 0 aliphatic carbocycles. The van der Waals surface area contributed by atoms with E-state index in [1.165, 1.54) is 32.9 Å². The summed E-state index contributed by atoms with van der Waals surface area (Å²) in [5.41, 5.74) is 0.417. The van der Waals surface area contributed by atoms with Gasteiger partial charge in [-0.15, -0.1) is 23.1 Å². The molecule has 2 amide bonds. The van der Waals surface area contributed by atoms with E-state index in [0.717, 1.165) is 31.1 Å². The Morgan fingerprint density at radius 3 is 2.52 bits per heavy atom. The molecule has 2 fully saturated rings. The Balaban J connectivity index is 0.00000306. The van der Waals surface area contributed by atoms with Crippen molar-refractivity contribution >= 4 is 46.0 Å². The number of carboxylic acid groups (broad SMARTS) is 1. The maximum atomic E-state index is 12.5. The van der Waals surface area contributed by atoms with Crippen molar-refractivity contribution in [3.63, 3.8) is 0 Å². The number of amides is 2. The normalized spacial score (nSPS) is 26.0. The van der Waals surface area contributed by atoms with Crippen LogP contribution >= 0.6 is 23.1 Å². The third kappa shape index (κ3) is 4.72. The van der Waals surface area contributed by atoms with E-state index in [9.17, 15) is 24.6 Å². The van der Waals surface area contributed by atoms with Gasteiger partial charge in [0.1, 0.15) is 5.69 Å². The predicted molar refractivity (Wildman–Crippen MR) is 120 cm³/mol. The Labute approximate surface area is 223 Å². The molecule has 33 heavy (non-hydrogen) atoms. The number of hydrogen-bond donors (Lipinski definition) is 1. The monoisotopic (exact) mass is 502 g/mol. The van der Waals surface area contributed by atoms with Crippen LogP contribution in [0, 0.1) is 11.8 Å². The zero-order chi connectivity index (χ0) is 23.3. The van der Waals surface area contributed by atoms with Gasteiger partial charge in [0.15, 0.2) is 5.13 Å². The van der Waals surface area contributed by atoms with Gasteiger partial charge >= 0.3 is 29.6 Å². The molecule has 3 aliphatic rings. The molecule has 1 aromatic rings. The molecule has 0 radical (unpaired) electrons. The zero-order valence-electron chi connectivity index (χ0n) is 19.5. The quantitative estimate of drug-likeness (QED) is 0.332. The molecule has 4 heterocycles. The van der Waals surface area contributed by atoms with E-state index in [1.807, 2.05) is 6.92 Å². The average Bonchev–Trinajstić information content (AvgIpc) is 3.30. The minimum Gasteiger partial charge on any atom is -0.543 e. The fraction of sp³-hybridized carbons (Fsp3) is 0.619. The van der Waals surface area contributed by atoms with Gasteiger partial charge in [-0.1, -0.05) is 6.92 Å². The molecule has 4 rings (SSSR count). The van der Waals surface area contributed by atoms with Gasteiger partial charge in [-0.3, -0.25) is 9.59 Å². The maximum absolute atomic E-state index is 12.5. The van der Waals surface area contributed by atoms with Crippen molar-refractivity contribution in [2.24, 2.45) is 11.8 Å². The predicted octanol–water partition coefficient (Wildman–Crippen LogP) is -2.63. The second-order valence-corrected chi connectivity index (χ2v) is 11.0. The first-order valence-electron chi connectivity index (χ1n) is 10.7. The summed E-state index contributed by atoms with van der Waals surface area (Å²) in [5, 5.41) is 24.6. The van der Waals surface area contributed by atoms with Gasteiger partial charge in [-0.2, -0.15) is 0 Å². The van der Waals surface area contributed by atoms with E-state index in [1.54, 1.807) is 26.4 Å². The van der Waals surface area contributed by atoms with E-state index in [-0.39, 0.29) is 64.3 Å². The van der Waals surface area contributed by atoms with Crippen LogP contribution in [-0.2, 0) is 9.59 Å². The first kappa shape index (κ1) is 26.5. The molecule has 0 unspecified atom stereocenters.